The average Bonchev–Trinajstić information content (AvgIpc) is 2.33. The maximum Gasteiger partial charge on any atom is 0.159 e. The van der Waals surface area contributed by atoms with Gasteiger partial charge in [0.2, 0.25) is 0 Å². The summed E-state index contributed by atoms with van der Waals surface area (Å²) < 4.78 is 39.6. The van der Waals surface area contributed by atoms with Crippen LogP contribution in [0, 0.1) is 17.5 Å². The second-order valence-electron chi connectivity index (χ2n) is 4.01. The Hall–Kier alpha value is -1.46. The van der Waals surface area contributed by atoms with Gasteiger partial charge in [0.1, 0.15) is 5.82 Å². The molecule has 1 nitrogen and oxygen atoms in total. The summed E-state index contributed by atoms with van der Waals surface area (Å²) >= 11 is 1.07. The van der Waals surface area contributed by atoms with Crippen LogP contribution in [-0.2, 0) is 0 Å². The third-order valence-electron chi connectivity index (χ3n) is 2.55. The Morgan fingerprint density at radius 3 is 2.37 bits per heavy atom. The molecule has 0 spiro atoms. The lowest BCUT2D eigenvalue weighted by Crippen LogP contribution is -1.98. The first kappa shape index (κ1) is 14.0. The predicted molar refractivity (Wildman–Crippen MR) is 67.5 cm³/mol. The molecule has 0 aliphatic heterocycles. The molecule has 0 saturated carbocycles. The number of benzene rings is 2. The van der Waals surface area contributed by atoms with E-state index in [0.717, 1.165) is 23.9 Å². The van der Waals surface area contributed by atoms with E-state index in [9.17, 15) is 18.3 Å². The minimum absolute atomic E-state index is 0.150. The second-order valence-corrected chi connectivity index (χ2v) is 5.12. The van der Waals surface area contributed by atoms with Gasteiger partial charge < -0.3 is 5.11 Å². The summed E-state index contributed by atoms with van der Waals surface area (Å²) in [6, 6.07) is 7.83. The van der Waals surface area contributed by atoms with Crippen LogP contribution in [0.25, 0.3) is 0 Å². The van der Waals surface area contributed by atoms with Gasteiger partial charge >= 0.3 is 0 Å². The lowest BCUT2D eigenvalue weighted by Gasteiger charge is -2.12. The summed E-state index contributed by atoms with van der Waals surface area (Å²) in [5, 5.41) is 9.57. The first-order valence-electron chi connectivity index (χ1n) is 5.58. The van der Waals surface area contributed by atoms with E-state index in [2.05, 4.69) is 0 Å². The van der Waals surface area contributed by atoms with Crippen LogP contribution in [0.1, 0.15) is 18.6 Å². The SMILES string of the molecule is C[C@@H](O)c1c(F)cccc1Sc1ccc(F)c(F)c1. The standard InChI is InChI=1S/C14H11F3OS/c1-8(18)14-11(16)3-2-4-13(14)19-9-5-6-10(15)12(17)7-9/h2-8,18H,1H3/t8-/m1/s1. The van der Waals surface area contributed by atoms with Gasteiger partial charge in [-0.15, -0.1) is 0 Å². The summed E-state index contributed by atoms with van der Waals surface area (Å²) in [4.78, 5) is 0.910. The van der Waals surface area contributed by atoms with Crippen LogP contribution in [0.4, 0.5) is 13.2 Å². The van der Waals surface area contributed by atoms with Gasteiger partial charge in [-0.25, -0.2) is 13.2 Å². The summed E-state index contributed by atoms with van der Waals surface area (Å²) in [5.74, 6) is -2.41. The number of rotatable bonds is 3. The van der Waals surface area contributed by atoms with Gasteiger partial charge in [0.25, 0.3) is 0 Å². The second kappa shape index (κ2) is 5.67. The molecule has 0 radical (unpaired) electrons. The Kier molecular flexibility index (Phi) is 4.17. The molecule has 0 fully saturated rings. The van der Waals surface area contributed by atoms with Crippen LogP contribution in [0.15, 0.2) is 46.2 Å². The van der Waals surface area contributed by atoms with Crippen molar-refractivity contribution in [3.8, 4) is 0 Å². The monoisotopic (exact) mass is 284 g/mol. The smallest absolute Gasteiger partial charge is 0.159 e. The molecule has 5 heteroatoms. The first-order chi connectivity index (χ1) is 8.99. The Balaban J connectivity index is 2.38. The fourth-order valence-electron chi connectivity index (χ4n) is 1.68. The highest BCUT2D eigenvalue weighted by Crippen LogP contribution is 2.35. The molecule has 100 valence electrons. The Morgan fingerprint density at radius 2 is 1.74 bits per heavy atom. The lowest BCUT2D eigenvalue weighted by molar-refractivity contribution is 0.191. The molecule has 0 aliphatic carbocycles. The average molecular weight is 284 g/mol. The molecule has 2 rings (SSSR count). The van der Waals surface area contributed by atoms with Gasteiger partial charge in [0.15, 0.2) is 11.6 Å². The molecular formula is C14H11F3OS. The Bertz CT molecular complexity index is 599. The normalized spacial score (nSPS) is 12.5. The van der Waals surface area contributed by atoms with Crippen molar-refractivity contribution >= 4 is 11.8 Å². The van der Waals surface area contributed by atoms with Gasteiger partial charge in [0, 0.05) is 15.4 Å². The van der Waals surface area contributed by atoms with Crippen LogP contribution < -0.4 is 0 Å². The van der Waals surface area contributed by atoms with Crippen molar-refractivity contribution in [1.82, 2.24) is 0 Å². The van der Waals surface area contributed by atoms with E-state index < -0.39 is 23.6 Å². The van der Waals surface area contributed by atoms with Crippen LogP contribution in [0.5, 0.6) is 0 Å². The molecule has 0 bridgehead atoms. The van der Waals surface area contributed by atoms with Crippen molar-refractivity contribution in [2.24, 2.45) is 0 Å². The minimum Gasteiger partial charge on any atom is -0.389 e. The van der Waals surface area contributed by atoms with Gasteiger partial charge in [-0.05, 0) is 37.3 Å². The number of aliphatic hydroxyl groups is 1. The number of hydrogen-bond acceptors (Lipinski definition) is 2. The van der Waals surface area contributed by atoms with Crippen LogP contribution >= 0.6 is 11.8 Å². The van der Waals surface area contributed by atoms with Crippen LogP contribution in [0.2, 0.25) is 0 Å². The van der Waals surface area contributed by atoms with Crippen molar-refractivity contribution in [2.45, 2.75) is 22.8 Å². The van der Waals surface area contributed by atoms with E-state index in [1.807, 2.05) is 0 Å². The van der Waals surface area contributed by atoms with Gasteiger partial charge in [0.05, 0.1) is 6.10 Å². The van der Waals surface area contributed by atoms with Crippen LogP contribution in [-0.4, -0.2) is 5.11 Å². The summed E-state index contributed by atoms with van der Waals surface area (Å²) in [5.41, 5.74) is 0.150. The third-order valence-corrected chi connectivity index (χ3v) is 3.62. The highest BCUT2D eigenvalue weighted by atomic mass is 32.2. The molecule has 0 heterocycles. The molecule has 0 aliphatic rings. The summed E-state index contributed by atoms with van der Waals surface area (Å²) in [6.45, 7) is 1.45. The molecule has 0 amide bonds. The zero-order chi connectivity index (χ0) is 14.0. The third kappa shape index (κ3) is 3.11. The highest BCUT2D eigenvalue weighted by molar-refractivity contribution is 7.99. The van der Waals surface area contributed by atoms with Gasteiger partial charge in [-0.2, -0.15) is 0 Å². The molecular weight excluding hydrogens is 273 g/mol. The van der Waals surface area contributed by atoms with Gasteiger partial charge in [-0.1, -0.05) is 17.8 Å². The summed E-state index contributed by atoms with van der Waals surface area (Å²) in [6.07, 6.45) is -0.978. The molecule has 0 unspecified atom stereocenters. The highest BCUT2D eigenvalue weighted by Gasteiger charge is 2.15. The van der Waals surface area contributed by atoms with E-state index in [1.165, 1.54) is 25.1 Å². The largest absolute Gasteiger partial charge is 0.389 e. The van der Waals surface area contributed by atoms with Crippen molar-refractivity contribution in [2.75, 3.05) is 0 Å². The van der Waals surface area contributed by atoms with Crippen molar-refractivity contribution in [1.29, 1.82) is 0 Å². The van der Waals surface area contributed by atoms with Gasteiger partial charge in [-0.3, -0.25) is 0 Å². The van der Waals surface area contributed by atoms with E-state index in [-0.39, 0.29) is 5.56 Å². The van der Waals surface area contributed by atoms with E-state index in [4.69, 9.17) is 0 Å². The number of aliphatic hydroxyl groups excluding tert-OH is 1. The molecule has 0 saturated heterocycles. The van der Waals surface area contributed by atoms with E-state index >= 15 is 0 Å². The molecule has 19 heavy (non-hydrogen) atoms. The predicted octanol–water partition coefficient (Wildman–Crippen LogP) is 4.31. The zero-order valence-electron chi connectivity index (χ0n) is 10.0. The molecule has 2 aromatic carbocycles. The van der Waals surface area contributed by atoms with Crippen molar-refractivity contribution in [3.63, 3.8) is 0 Å². The Labute approximate surface area is 113 Å². The molecule has 1 atom stereocenters. The fraction of sp³-hybridized carbons (Fsp3) is 0.143. The van der Waals surface area contributed by atoms with Crippen molar-refractivity contribution in [3.05, 3.63) is 59.4 Å². The maximum atomic E-state index is 13.6. The Morgan fingerprint density at radius 1 is 1.00 bits per heavy atom. The molecule has 1 N–H and O–H groups in total. The zero-order valence-corrected chi connectivity index (χ0v) is 10.8. The summed E-state index contributed by atoms with van der Waals surface area (Å²) in [7, 11) is 0. The minimum atomic E-state index is -0.978. The molecule has 0 aromatic heterocycles. The first-order valence-corrected chi connectivity index (χ1v) is 6.40. The number of halogens is 3. The fourth-order valence-corrected chi connectivity index (χ4v) is 2.76. The van der Waals surface area contributed by atoms with Crippen LogP contribution in [0.3, 0.4) is 0 Å². The van der Waals surface area contributed by atoms with E-state index in [1.54, 1.807) is 6.07 Å². The topological polar surface area (TPSA) is 20.2 Å². The maximum absolute atomic E-state index is 13.6. The van der Waals surface area contributed by atoms with E-state index in [0.29, 0.717) is 9.79 Å². The van der Waals surface area contributed by atoms with Crippen molar-refractivity contribution < 1.29 is 18.3 Å². The lowest BCUT2D eigenvalue weighted by atomic mass is 10.1. The molecule has 2 aromatic rings. The number of hydrogen-bond donors (Lipinski definition) is 1. The quantitative estimate of drug-likeness (QED) is 0.906.